The standard InChI is InChI=1S/C9H10FNO3/c1-4(11)6-2-5(10)3-7(8(6)12)9(13)14/h2-4,12H,11H2,1H3,(H,13,14)/t4-/m1/s1. The highest BCUT2D eigenvalue weighted by Crippen LogP contribution is 2.28. The van der Waals surface area contributed by atoms with Crippen molar-refractivity contribution in [1.82, 2.24) is 0 Å². The normalized spacial score (nSPS) is 12.5. The van der Waals surface area contributed by atoms with Crippen LogP contribution in [0.25, 0.3) is 0 Å². The Balaban J connectivity index is 3.40. The van der Waals surface area contributed by atoms with Gasteiger partial charge in [-0.05, 0) is 19.1 Å². The lowest BCUT2D eigenvalue weighted by molar-refractivity contribution is 0.0693. The van der Waals surface area contributed by atoms with Crippen LogP contribution in [0.1, 0.15) is 28.9 Å². The highest BCUT2D eigenvalue weighted by atomic mass is 19.1. The highest BCUT2D eigenvalue weighted by molar-refractivity contribution is 5.91. The van der Waals surface area contributed by atoms with E-state index in [1.165, 1.54) is 6.92 Å². The van der Waals surface area contributed by atoms with Gasteiger partial charge in [0.05, 0.1) is 0 Å². The summed E-state index contributed by atoms with van der Waals surface area (Å²) in [7, 11) is 0. The van der Waals surface area contributed by atoms with Crippen molar-refractivity contribution in [2.75, 3.05) is 0 Å². The van der Waals surface area contributed by atoms with Gasteiger partial charge in [0.15, 0.2) is 0 Å². The quantitative estimate of drug-likeness (QED) is 0.669. The molecule has 14 heavy (non-hydrogen) atoms. The number of hydrogen-bond acceptors (Lipinski definition) is 3. The lowest BCUT2D eigenvalue weighted by Crippen LogP contribution is -2.08. The van der Waals surface area contributed by atoms with Crippen molar-refractivity contribution < 1.29 is 19.4 Å². The Hall–Kier alpha value is -1.62. The second kappa shape index (κ2) is 3.63. The van der Waals surface area contributed by atoms with E-state index in [1.807, 2.05) is 0 Å². The molecule has 0 aromatic heterocycles. The number of phenols is 1. The number of carboxylic acid groups (broad SMARTS) is 1. The van der Waals surface area contributed by atoms with Gasteiger partial charge in [0.2, 0.25) is 0 Å². The van der Waals surface area contributed by atoms with Crippen LogP contribution < -0.4 is 5.73 Å². The minimum absolute atomic E-state index is 0.0856. The molecule has 76 valence electrons. The third-order valence-corrected chi connectivity index (χ3v) is 1.83. The summed E-state index contributed by atoms with van der Waals surface area (Å²) < 4.78 is 12.9. The Morgan fingerprint density at radius 1 is 1.57 bits per heavy atom. The molecule has 0 aliphatic heterocycles. The summed E-state index contributed by atoms with van der Waals surface area (Å²) in [6, 6.07) is 1.15. The van der Waals surface area contributed by atoms with Gasteiger partial charge in [-0.2, -0.15) is 0 Å². The Bertz CT molecular complexity index is 377. The zero-order valence-electron chi connectivity index (χ0n) is 7.49. The maximum absolute atomic E-state index is 12.9. The van der Waals surface area contributed by atoms with Crippen LogP contribution in [0.2, 0.25) is 0 Å². The van der Waals surface area contributed by atoms with E-state index in [4.69, 9.17) is 10.8 Å². The number of halogens is 1. The lowest BCUT2D eigenvalue weighted by atomic mass is 10.0. The number of aromatic carboxylic acids is 1. The molecule has 0 aliphatic rings. The van der Waals surface area contributed by atoms with Crippen molar-refractivity contribution in [2.45, 2.75) is 13.0 Å². The predicted molar refractivity (Wildman–Crippen MR) is 47.6 cm³/mol. The average Bonchev–Trinajstić information content (AvgIpc) is 2.07. The fourth-order valence-corrected chi connectivity index (χ4v) is 1.13. The number of carboxylic acids is 1. The van der Waals surface area contributed by atoms with E-state index in [-0.39, 0.29) is 5.56 Å². The molecular formula is C9H10FNO3. The first-order chi connectivity index (χ1) is 6.43. The summed E-state index contributed by atoms with van der Waals surface area (Å²) in [5.74, 6) is -2.59. The van der Waals surface area contributed by atoms with Crippen molar-refractivity contribution in [1.29, 1.82) is 0 Å². The molecule has 1 aromatic rings. The predicted octanol–water partition coefficient (Wildman–Crippen LogP) is 1.25. The van der Waals surface area contributed by atoms with Gasteiger partial charge in [-0.25, -0.2) is 9.18 Å². The first-order valence-electron chi connectivity index (χ1n) is 3.94. The fraction of sp³-hybridized carbons (Fsp3) is 0.222. The van der Waals surface area contributed by atoms with E-state index in [0.717, 1.165) is 12.1 Å². The molecule has 0 saturated carbocycles. The summed E-state index contributed by atoms with van der Waals surface area (Å²) in [4.78, 5) is 10.6. The molecular weight excluding hydrogens is 189 g/mol. The summed E-state index contributed by atoms with van der Waals surface area (Å²) in [6.45, 7) is 1.53. The Kier molecular flexibility index (Phi) is 2.71. The summed E-state index contributed by atoms with van der Waals surface area (Å²) >= 11 is 0. The van der Waals surface area contributed by atoms with Gasteiger partial charge < -0.3 is 15.9 Å². The molecule has 0 spiro atoms. The van der Waals surface area contributed by atoms with E-state index in [0.29, 0.717) is 0 Å². The molecule has 0 aliphatic carbocycles. The number of aromatic hydroxyl groups is 1. The van der Waals surface area contributed by atoms with Gasteiger partial charge in [0.1, 0.15) is 17.1 Å². The molecule has 0 bridgehead atoms. The van der Waals surface area contributed by atoms with E-state index in [1.54, 1.807) is 0 Å². The minimum atomic E-state index is -1.39. The SMILES string of the molecule is C[C@@H](N)c1cc(F)cc(C(=O)O)c1O. The summed E-state index contributed by atoms with van der Waals surface area (Å²) in [6.07, 6.45) is 0. The maximum atomic E-state index is 12.9. The molecule has 4 N–H and O–H groups in total. The monoisotopic (exact) mass is 199 g/mol. The number of hydrogen-bond donors (Lipinski definition) is 3. The van der Waals surface area contributed by atoms with Crippen LogP contribution in [0, 0.1) is 5.82 Å². The van der Waals surface area contributed by atoms with Gasteiger partial charge >= 0.3 is 5.97 Å². The van der Waals surface area contributed by atoms with Crippen molar-refractivity contribution in [3.05, 3.63) is 29.1 Å². The molecule has 5 heteroatoms. The zero-order chi connectivity index (χ0) is 10.9. The van der Waals surface area contributed by atoms with Crippen LogP contribution in [-0.2, 0) is 0 Å². The van der Waals surface area contributed by atoms with Crippen LogP contribution in [0.5, 0.6) is 5.75 Å². The Morgan fingerprint density at radius 3 is 2.57 bits per heavy atom. The van der Waals surface area contributed by atoms with Gasteiger partial charge in [-0.15, -0.1) is 0 Å². The third-order valence-electron chi connectivity index (χ3n) is 1.83. The molecule has 0 heterocycles. The zero-order valence-corrected chi connectivity index (χ0v) is 7.49. The van der Waals surface area contributed by atoms with Gasteiger partial charge in [0, 0.05) is 11.6 Å². The van der Waals surface area contributed by atoms with E-state index in [9.17, 15) is 14.3 Å². The maximum Gasteiger partial charge on any atom is 0.339 e. The highest BCUT2D eigenvalue weighted by Gasteiger charge is 2.17. The molecule has 0 amide bonds. The number of benzene rings is 1. The molecule has 0 saturated heterocycles. The second-order valence-corrected chi connectivity index (χ2v) is 2.99. The van der Waals surface area contributed by atoms with Gasteiger partial charge in [0.25, 0.3) is 0 Å². The van der Waals surface area contributed by atoms with Gasteiger partial charge in [-0.1, -0.05) is 0 Å². The van der Waals surface area contributed by atoms with E-state index < -0.39 is 29.1 Å². The largest absolute Gasteiger partial charge is 0.507 e. The van der Waals surface area contributed by atoms with Crippen molar-refractivity contribution in [3.8, 4) is 5.75 Å². The average molecular weight is 199 g/mol. The first kappa shape index (κ1) is 10.5. The lowest BCUT2D eigenvalue weighted by Gasteiger charge is -2.10. The van der Waals surface area contributed by atoms with Crippen LogP contribution in [-0.4, -0.2) is 16.2 Å². The molecule has 0 unspecified atom stereocenters. The van der Waals surface area contributed by atoms with Gasteiger partial charge in [-0.3, -0.25) is 0 Å². The summed E-state index contributed by atoms with van der Waals surface area (Å²) in [5, 5.41) is 18.1. The smallest absolute Gasteiger partial charge is 0.339 e. The van der Waals surface area contributed by atoms with Crippen LogP contribution in [0.4, 0.5) is 4.39 Å². The number of carbonyl (C=O) groups is 1. The molecule has 1 rings (SSSR count). The first-order valence-corrected chi connectivity index (χ1v) is 3.94. The Morgan fingerprint density at radius 2 is 2.14 bits per heavy atom. The van der Waals surface area contributed by atoms with Crippen molar-refractivity contribution in [2.24, 2.45) is 5.73 Å². The number of rotatable bonds is 2. The fourth-order valence-electron chi connectivity index (χ4n) is 1.13. The molecule has 1 aromatic carbocycles. The van der Waals surface area contributed by atoms with Crippen molar-refractivity contribution >= 4 is 5.97 Å². The minimum Gasteiger partial charge on any atom is -0.507 e. The molecule has 1 atom stereocenters. The van der Waals surface area contributed by atoms with Crippen LogP contribution in [0.3, 0.4) is 0 Å². The second-order valence-electron chi connectivity index (χ2n) is 2.99. The van der Waals surface area contributed by atoms with Crippen LogP contribution in [0.15, 0.2) is 12.1 Å². The Labute approximate surface area is 79.8 Å². The van der Waals surface area contributed by atoms with E-state index in [2.05, 4.69) is 0 Å². The summed E-state index contributed by atoms with van der Waals surface area (Å²) in [5.41, 5.74) is 5.04. The van der Waals surface area contributed by atoms with Crippen molar-refractivity contribution in [3.63, 3.8) is 0 Å². The molecule has 4 nitrogen and oxygen atoms in total. The van der Waals surface area contributed by atoms with Crippen LogP contribution >= 0.6 is 0 Å². The topological polar surface area (TPSA) is 83.6 Å². The third kappa shape index (κ3) is 1.82. The molecule has 0 radical (unpaired) electrons. The molecule has 0 fully saturated rings. The number of nitrogens with two attached hydrogens (primary N) is 1. The van der Waals surface area contributed by atoms with E-state index >= 15 is 0 Å².